The molecule has 2 heterocycles. The third-order valence-corrected chi connectivity index (χ3v) is 2.92. The molecule has 2 atom stereocenters. The van der Waals surface area contributed by atoms with Gasteiger partial charge in [0, 0.05) is 25.2 Å². The zero-order chi connectivity index (χ0) is 10.8. The third kappa shape index (κ3) is 2.04. The topological polar surface area (TPSA) is 45.5 Å². The smallest absolute Gasteiger partial charge is 0.239 e. The molecule has 1 aromatic rings. The number of likely N-dealkylation sites (N-methyl/N-ethyl adjacent to an activating group) is 1. The van der Waals surface area contributed by atoms with Gasteiger partial charge in [0.05, 0.1) is 18.6 Å². The Labute approximate surface area is 89.2 Å². The van der Waals surface area contributed by atoms with Crippen LogP contribution < -0.4 is 5.32 Å². The number of nitrogens with zero attached hydrogens (tertiary/aromatic N) is 1. The van der Waals surface area contributed by atoms with E-state index in [4.69, 9.17) is 4.42 Å². The molecular weight excluding hydrogens is 192 g/mol. The van der Waals surface area contributed by atoms with Crippen LogP contribution in [0.15, 0.2) is 23.0 Å². The highest BCUT2D eigenvalue weighted by Gasteiger charge is 2.29. The first-order valence-electron chi connectivity index (χ1n) is 5.21. The lowest BCUT2D eigenvalue weighted by atomic mass is 10.1. The minimum Gasteiger partial charge on any atom is -0.472 e. The number of likely N-dealkylation sites (tertiary alicyclic amines) is 1. The number of hydrogen-bond acceptors (Lipinski definition) is 3. The van der Waals surface area contributed by atoms with Crippen LogP contribution in [0.25, 0.3) is 0 Å². The number of hydrogen-bond donors (Lipinski definition) is 1. The molecule has 15 heavy (non-hydrogen) atoms. The van der Waals surface area contributed by atoms with E-state index in [0.717, 1.165) is 18.5 Å². The van der Waals surface area contributed by atoms with E-state index < -0.39 is 0 Å². The predicted octanol–water partition coefficient (Wildman–Crippen LogP) is 1.16. The summed E-state index contributed by atoms with van der Waals surface area (Å²) in [6, 6.07) is 2.03. The summed E-state index contributed by atoms with van der Waals surface area (Å²) in [6.45, 7) is 2.88. The van der Waals surface area contributed by atoms with Crippen molar-refractivity contribution >= 4 is 5.91 Å². The zero-order valence-electron chi connectivity index (χ0n) is 9.06. The number of carbonyl (C=O) groups excluding carboxylic acids is 1. The predicted molar refractivity (Wildman–Crippen MR) is 56.3 cm³/mol. The first kappa shape index (κ1) is 10.2. The molecule has 2 rings (SSSR count). The molecule has 0 spiro atoms. The average molecular weight is 208 g/mol. The second kappa shape index (κ2) is 4.06. The molecule has 0 bridgehead atoms. The molecule has 1 aliphatic heterocycles. The molecular formula is C11H16N2O2. The van der Waals surface area contributed by atoms with Gasteiger partial charge < -0.3 is 9.32 Å². The van der Waals surface area contributed by atoms with Crippen LogP contribution in [0.1, 0.15) is 24.9 Å². The molecule has 1 saturated heterocycles. The summed E-state index contributed by atoms with van der Waals surface area (Å²) < 4.78 is 5.01. The van der Waals surface area contributed by atoms with Gasteiger partial charge in [0.1, 0.15) is 0 Å². The van der Waals surface area contributed by atoms with E-state index in [-0.39, 0.29) is 18.0 Å². The molecule has 1 aliphatic rings. The van der Waals surface area contributed by atoms with Gasteiger partial charge in [-0.2, -0.15) is 0 Å². The van der Waals surface area contributed by atoms with Crippen molar-refractivity contribution in [2.24, 2.45) is 0 Å². The van der Waals surface area contributed by atoms with Gasteiger partial charge in [-0.1, -0.05) is 0 Å². The molecule has 1 N–H and O–H groups in total. The summed E-state index contributed by atoms with van der Waals surface area (Å²) in [5.41, 5.74) is 1.08. The SMILES string of the molecule is CC(NC1CCN(C)C1=O)c1ccoc1. The molecule has 0 aliphatic carbocycles. The van der Waals surface area contributed by atoms with E-state index in [1.165, 1.54) is 0 Å². The summed E-state index contributed by atoms with van der Waals surface area (Å²) in [5, 5.41) is 3.31. The van der Waals surface area contributed by atoms with Gasteiger partial charge >= 0.3 is 0 Å². The van der Waals surface area contributed by atoms with Gasteiger partial charge in [0.15, 0.2) is 0 Å². The maximum absolute atomic E-state index is 11.7. The molecule has 0 aromatic carbocycles. The fraction of sp³-hybridized carbons (Fsp3) is 0.545. The monoisotopic (exact) mass is 208 g/mol. The van der Waals surface area contributed by atoms with Crippen LogP contribution in [0, 0.1) is 0 Å². The van der Waals surface area contributed by atoms with Gasteiger partial charge in [0.2, 0.25) is 5.91 Å². The first-order valence-corrected chi connectivity index (χ1v) is 5.21. The number of nitrogens with one attached hydrogen (secondary N) is 1. The number of furan rings is 1. The molecule has 2 unspecified atom stereocenters. The van der Waals surface area contributed by atoms with E-state index >= 15 is 0 Å². The Morgan fingerprint density at radius 3 is 3.00 bits per heavy atom. The lowest BCUT2D eigenvalue weighted by Gasteiger charge is -2.17. The van der Waals surface area contributed by atoms with Crippen molar-refractivity contribution in [3.63, 3.8) is 0 Å². The fourth-order valence-corrected chi connectivity index (χ4v) is 1.90. The standard InChI is InChI=1S/C11H16N2O2/c1-8(9-4-6-15-7-9)12-10-3-5-13(2)11(10)14/h4,6-8,10,12H,3,5H2,1-2H3. The summed E-state index contributed by atoms with van der Waals surface area (Å²) >= 11 is 0. The second-order valence-electron chi connectivity index (χ2n) is 4.05. The summed E-state index contributed by atoms with van der Waals surface area (Å²) in [4.78, 5) is 13.4. The van der Waals surface area contributed by atoms with Crippen LogP contribution in [0.2, 0.25) is 0 Å². The van der Waals surface area contributed by atoms with Gasteiger partial charge in [-0.05, 0) is 19.4 Å². The maximum Gasteiger partial charge on any atom is 0.239 e. The second-order valence-corrected chi connectivity index (χ2v) is 4.05. The summed E-state index contributed by atoms with van der Waals surface area (Å²) in [6.07, 6.45) is 4.24. The Hall–Kier alpha value is -1.29. The normalized spacial score (nSPS) is 23.5. The zero-order valence-corrected chi connectivity index (χ0v) is 9.06. The van der Waals surface area contributed by atoms with Gasteiger partial charge in [-0.25, -0.2) is 0 Å². The number of carbonyl (C=O) groups is 1. The minimum absolute atomic E-state index is 0.0418. The molecule has 4 nitrogen and oxygen atoms in total. The van der Waals surface area contributed by atoms with Crippen molar-refractivity contribution in [2.75, 3.05) is 13.6 Å². The average Bonchev–Trinajstić information content (AvgIpc) is 2.83. The van der Waals surface area contributed by atoms with Crippen LogP contribution in [0.5, 0.6) is 0 Å². The van der Waals surface area contributed by atoms with Crippen LogP contribution in [-0.2, 0) is 4.79 Å². The Kier molecular flexibility index (Phi) is 2.77. The molecule has 82 valence electrons. The van der Waals surface area contributed by atoms with Gasteiger partial charge in [0.25, 0.3) is 0 Å². The Morgan fingerprint density at radius 1 is 1.67 bits per heavy atom. The van der Waals surface area contributed by atoms with Crippen molar-refractivity contribution < 1.29 is 9.21 Å². The van der Waals surface area contributed by atoms with Crippen molar-refractivity contribution in [3.05, 3.63) is 24.2 Å². The Balaban J connectivity index is 1.95. The minimum atomic E-state index is -0.0418. The fourth-order valence-electron chi connectivity index (χ4n) is 1.90. The van der Waals surface area contributed by atoms with Crippen LogP contribution in [0.4, 0.5) is 0 Å². The van der Waals surface area contributed by atoms with Crippen LogP contribution in [0.3, 0.4) is 0 Å². The number of rotatable bonds is 3. The molecule has 0 radical (unpaired) electrons. The third-order valence-electron chi connectivity index (χ3n) is 2.92. The van der Waals surface area contributed by atoms with E-state index in [1.807, 2.05) is 20.0 Å². The highest BCUT2D eigenvalue weighted by atomic mass is 16.3. The molecule has 4 heteroatoms. The Morgan fingerprint density at radius 2 is 2.47 bits per heavy atom. The lowest BCUT2D eigenvalue weighted by molar-refractivity contribution is -0.128. The first-order chi connectivity index (χ1) is 7.18. The quantitative estimate of drug-likeness (QED) is 0.810. The van der Waals surface area contributed by atoms with Crippen LogP contribution in [-0.4, -0.2) is 30.4 Å². The van der Waals surface area contributed by atoms with E-state index in [2.05, 4.69) is 5.32 Å². The van der Waals surface area contributed by atoms with Crippen molar-refractivity contribution in [2.45, 2.75) is 25.4 Å². The van der Waals surface area contributed by atoms with Crippen LogP contribution >= 0.6 is 0 Å². The van der Waals surface area contributed by atoms with Crippen molar-refractivity contribution in [3.8, 4) is 0 Å². The Bertz CT molecular complexity index is 334. The van der Waals surface area contributed by atoms with Crippen molar-refractivity contribution in [1.82, 2.24) is 10.2 Å². The molecule has 1 amide bonds. The number of amides is 1. The van der Waals surface area contributed by atoms with E-state index in [9.17, 15) is 4.79 Å². The summed E-state index contributed by atoms with van der Waals surface area (Å²) in [5.74, 6) is 0.186. The van der Waals surface area contributed by atoms with E-state index in [0.29, 0.717) is 0 Å². The van der Waals surface area contributed by atoms with Gasteiger partial charge in [-0.15, -0.1) is 0 Å². The van der Waals surface area contributed by atoms with E-state index in [1.54, 1.807) is 17.4 Å². The lowest BCUT2D eigenvalue weighted by Crippen LogP contribution is -2.38. The maximum atomic E-state index is 11.7. The highest BCUT2D eigenvalue weighted by molar-refractivity contribution is 5.83. The van der Waals surface area contributed by atoms with Gasteiger partial charge in [-0.3, -0.25) is 10.1 Å². The van der Waals surface area contributed by atoms with Crippen molar-refractivity contribution in [1.29, 1.82) is 0 Å². The highest BCUT2D eigenvalue weighted by Crippen LogP contribution is 2.17. The largest absolute Gasteiger partial charge is 0.472 e. The molecule has 1 fully saturated rings. The summed E-state index contributed by atoms with van der Waals surface area (Å²) in [7, 11) is 1.84. The molecule has 0 saturated carbocycles. The molecule has 1 aromatic heterocycles.